The molecule has 0 bridgehead atoms. The van der Waals surface area contributed by atoms with Gasteiger partial charge in [0, 0.05) is 23.4 Å². The molecule has 2 N–H and O–H groups in total. The van der Waals surface area contributed by atoms with Crippen LogP contribution in [0.4, 0.5) is 4.79 Å². The number of thioether (sulfide) groups is 1. The highest BCUT2D eigenvalue weighted by Gasteiger charge is 2.06. The van der Waals surface area contributed by atoms with Gasteiger partial charge in [-0.2, -0.15) is 16.9 Å². The molecule has 3 aromatic rings. The number of rotatable bonds is 9. The highest BCUT2D eigenvalue weighted by atomic mass is 32.2. The van der Waals surface area contributed by atoms with Crippen molar-refractivity contribution in [2.24, 2.45) is 0 Å². The first-order valence-corrected chi connectivity index (χ1v) is 10.1. The number of hydrogen-bond donors (Lipinski definition) is 2. The molecule has 0 aliphatic heterocycles. The number of thiazole rings is 1. The van der Waals surface area contributed by atoms with Crippen molar-refractivity contribution in [3.63, 3.8) is 0 Å². The maximum Gasteiger partial charge on any atom is 0.407 e. The van der Waals surface area contributed by atoms with E-state index in [-0.39, 0.29) is 6.61 Å². The quantitative estimate of drug-likeness (QED) is 0.547. The molecule has 0 saturated heterocycles. The summed E-state index contributed by atoms with van der Waals surface area (Å²) in [5, 5.41) is 12.5. The van der Waals surface area contributed by atoms with Gasteiger partial charge in [-0.25, -0.2) is 14.8 Å². The molecular formula is C17H19N5O2S2. The van der Waals surface area contributed by atoms with Crippen LogP contribution < -0.4 is 5.32 Å². The minimum Gasteiger partial charge on any atom is -0.445 e. The number of aromatic nitrogens is 4. The fourth-order valence-electron chi connectivity index (χ4n) is 2.13. The zero-order chi connectivity index (χ0) is 18.0. The summed E-state index contributed by atoms with van der Waals surface area (Å²) in [6.07, 6.45) is 1.78. The highest BCUT2D eigenvalue weighted by molar-refractivity contribution is 7.98. The largest absolute Gasteiger partial charge is 0.445 e. The van der Waals surface area contributed by atoms with E-state index in [1.807, 2.05) is 30.3 Å². The normalized spacial score (nSPS) is 10.6. The average molecular weight is 390 g/mol. The number of nitrogens with zero attached hydrogens (tertiary/aromatic N) is 3. The zero-order valence-electron chi connectivity index (χ0n) is 14.1. The minimum absolute atomic E-state index is 0.284. The third kappa shape index (κ3) is 6.16. The summed E-state index contributed by atoms with van der Waals surface area (Å²) < 4.78 is 5.16. The lowest BCUT2D eigenvalue weighted by Gasteiger charge is -2.06. The van der Waals surface area contributed by atoms with Crippen LogP contribution in [0.15, 0.2) is 42.0 Å². The van der Waals surface area contributed by atoms with Crippen LogP contribution in [0, 0.1) is 0 Å². The van der Waals surface area contributed by atoms with E-state index in [4.69, 9.17) is 4.74 Å². The molecule has 0 saturated carbocycles. The smallest absolute Gasteiger partial charge is 0.407 e. The van der Waals surface area contributed by atoms with Crippen LogP contribution in [0.5, 0.6) is 0 Å². The molecule has 0 fully saturated rings. The molecule has 0 unspecified atom stereocenters. The number of benzene rings is 1. The van der Waals surface area contributed by atoms with Gasteiger partial charge in [-0.05, 0) is 5.56 Å². The van der Waals surface area contributed by atoms with E-state index in [2.05, 4.69) is 30.9 Å². The molecular weight excluding hydrogens is 370 g/mol. The van der Waals surface area contributed by atoms with Crippen molar-refractivity contribution in [1.82, 2.24) is 25.5 Å². The Balaban J connectivity index is 1.27. The number of H-pyrrole nitrogens is 1. The third-order valence-electron chi connectivity index (χ3n) is 3.36. The number of carbonyl (C=O) groups excluding carboxylic acids is 1. The number of hydrogen-bond acceptors (Lipinski definition) is 7. The van der Waals surface area contributed by atoms with Crippen molar-refractivity contribution in [3.8, 4) is 0 Å². The first-order chi connectivity index (χ1) is 12.8. The zero-order valence-corrected chi connectivity index (χ0v) is 15.7. The van der Waals surface area contributed by atoms with Crippen molar-refractivity contribution < 1.29 is 9.53 Å². The Kier molecular flexibility index (Phi) is 7.03. The van der Waals surface area contributed by atoms with Gasteiger partial charge in [0.15, 0.2) is 0 Å². The van der Waals surface area contributed by atoms with Gasteiger partial charge in [0.25, 0.3) is 0 Å². The summed E-state index contributed by atoms with van der Waals surface area (Å²) in [6, 6.07) is 9.62. The summed E-state index contributed by atoms with van der Waals surface area (Å²) in [6.45, 7) is 0.847. The number of alkyl carbamates (subject to hydrolysis) is 1. The van der Waals surface area contributed by atoms with Crippen LogP contribution in [0.3, 0.4) is 0 Å². The highest BCUT2D eigenvalue weighted by Crippen LogP contribution is 2.17. The van der Waals surface area contributed by atoms with Gasteiger partial charge in [0.05, 0.1) is 12.1 Å². The van der Waals surface area contributed by atoms with E-state index >= 15 is 0 Å². The first-order valence-electron chi connectivity index (χ1n) is 8.09. The molecule has 1 aromatic carbocycles. The second-order valence-electron chi connectivity index (χ2n) is 5.38. The van der Waals surface area contributed by atoms with Crippen LogP contribution in [0.2, 0.25) is 0 Å². The molecule has 3 rings (SSSR count). The van der Waals surface area contributed by atoms with Crippen molar-refractivity contribution in [2.75, 3.05) is 12.3 Å². The number of nitrogens with one attached hydrogen (secondary N) is 2. The topological polar surface area (TPSA) is 92.8 Å². The van der Waals surface area contributed by atoms with Crippen molar-refractivity contribution in [3.05, 3.63) is 64.1 Å². The van der Waals surface area contributed by atoms with Gasteiger partial charge < -0.3 is 10.1 Å². The van der Waals surface area contributed by atoms with Gasteiger partial charge in [-0.3, -0.25) is 5.10 Å². The lowest BCUT2D eigenvalue weighted by molar-refractivity contribution is 0.140. The maximum atomic E-state index is 11.6. The average Bonchev–Trinajstić information content (AvgIpc) is 3.33. The van der Waals surface area contributed by atoms with E-state index in [9.17, 15) is 4.79 Å². The molecule has 0 aliphatic carbocycles. The lowest BCUT2D eigenvalue weighted by Crippen LogP contribution is -2.26. The van der Waals surface area contributed by atoms with Crippen molar-refractivity contribution in [1.29, 1.82) is 0 Å². The molecule has 0 spiro atoms. The Morgan fingerprint density at radius 1 is 1.31 bits per heavy atom. The van der Waals surface area contributed by atoms with Crippen LogP contribution in [-0.4, -0.2) is 38.6 Å². The molecule has 9 heteroatoms. The van der Waals surface area contributed by atoms with Gasteiger partial charge in [0.1, 0.15) is 23.8 Å². The van der Waals surface area contributed by atoms with E-state index in [1.54, 1.807) is 23.1 Å². The summed E-state index contributed by atoms with van der Waals surface area (Å²) in [5.41, 5.74) is 2.02. The molecule has 2 heterocycles. The van der Waals surface area contributed by atoms with Crippen LogP contribution in [0.1, 0.15) is 22.1 Å². The summed E-state index contributed by atoms with van der Waals surface area (Å²) in [5.74, 6) is 2.43. The predicted molar refractivity (Wildman–Crippen MR) is 102 cm³/mol. The van der Waals surface area contributed by atoms with E-state index < -0.39 is 6.09 Å². The Morgan fingerprint density at radius 3 is 3.00 bits per heavy atom. The molecule has 136 valence electrons. The van der Waals surface area contributed by atoms with Gasteiger partial charge in [-0.1, -0.05) is 30.3 Å². The van der Waals surface area contributed by atoms with E-state index in [0.29, 0.717) is 13.0 Å². The summed E-state index contributed by atoms with van der Waals surface area (Å²) in [7, 11) is 0. The Hall–Kier alpha value is -2.39. The molecule has 7 nitrogen and oxygen atoms in total. The molecule has 0 aliphatic rings. The molecule has 0 radical (unpaired) electrons. The fraction of sp³-hybridized carbons (Fsp3) is 0.294. The van der Waals surface area contributed by atoms with Crippen molar-refractivity contribution >= 4 is 29.2 Å². The maximum absolute atomic E-state index is 11.6. The number of carbonyl (C=O) groups is 1. The SMILES string of the molecule is O=C(NCCSCc1csc(Cc2ncn[nH]2)n1)OCc1ccccc1. The summed E-state index contributed by atoms with van der Waals surface area (Å²) in [4.78, 5) is 20.3. The molecule has 1 amide bonds. The van der Waals surface area contributed by atoms with E-state index in [1.165, 1.54) is 6.33 Å². The Bertz CT molecular complexity index is 793. The Morgan fingerprint density at radius 2 is 2.19 bits per heavy atom. The molecule has 0 atom stereocenters. The number of ether oxygens (including phenoxy) is 1. The fourth-order valence-corrected chi connectivity index (χ4v) is 3.78. The minimum atomic E-state index is -0.391. The lowest BCUT2D eigenvalue weighted by atomic mass is 10.2. The van der Waals surface area contributed by atoms with Crippen molar-refractivity contribution in [2.45, 2.75) is 18.8 Å². The molecule has 2 aromatic heterocycles. The summed E-state index contributed by atoms with van der Waals surface area (Å²) >= 11 is 3.34. The van der Waals surface area contributed by atoms with Gasteiger partial charge in [0.2, 0.25) is 0 Å². The Labute approximate surface area is 159 Å². The number of aromatic amines is 1. The predicted octanol–water partition coefficient (Wildman–Crippen LogP) is 3.01. The second kappa shape index (κ2) is 9.93. The second-order valence-corrected chi connectivity index (χ2v) is 7.43. The first kappa shape index (κ1) is 18.4. The van der Waals surface area contributed by atoms with E-state index in [0.717, 1.165) is 33.6 Å². The van der Waals surface area contributed by atoms with Crippen LogP contribution >= 0.6 is 23.1 Å². The molecule has 26 heavy (non-hydrogen) atoms. The number of amides is 1. The standard InChI is InChI=1S/C17H19N5O2S2/c23-17(24-9-13-4-2-1-3-5-13)18-6-7-25-10-14-11-26-16(21-14)8-15-19-12-20-22-15/h1-5,11-12H,6-10H2,(H,18,23)(H,19,20,22). The van der Waals surface area contributed by atoms with Crippen LogP contribution in [0.25, 0.3) is 0 Å². The monoisotopic (exact) mass is 389 g/mol. The third-order valence-corrected chi connectivity index (χ3v) is 5.25. The van der Waals surface area contributed by atoms with Gasteiger partial charge in [-0.15, -0.1) is 11.3 Å². The van der Waals surface area contributed by atoms with Crippen LogP contribution in [-0.2, 0) is 23.5 Å². The van der Waals surface area contributed by atoms with Gasteiger partial charge >= 0.3 is 6.09 Å².